The van der Waals surface area contributed by atoms with E-state index in [2.05, 4.69) is 4.74 Å². The molecule has 0 bridgehead atoms. The summed E-state index contributed by atoms with van der Waals surface area (Å²) in [6.45, 7) is 0. The molecule has 0 rings (SSSR count). The van der Waals surface area contributed by atoms with Gasteiger partial charge in [-0.25, -0.2) is 0 Å². The summed E-state index contributed by atoms with van der Waals surface area (Å²) in [5.41, 5.74) is 0. The molecule has 0 fully saturated rings. The second-order valence-electron chi connectivity index (χ2n) is 3.57. The van der Waals surface area contributed by atoms with Crippen molar-refractivity contribution in [3.05, 3.63) is 0 Å². The summed E-state index contributed by atoms with van der Waals surface area (Å²) in [5, 5.41) is 10.1. The third-order valence-corrected chi connectivity index (χ3v) is 2.24. The fourth-order valence-electron chi connectivity index (χ4n) is 1.35. The van der Waals surface area contributed by atoms with Gasteiger partial charge < -0.3 is 14.6 Å². The topological polar surface area (TPSA) is 66.4 Å². The second kappa shape index (κ2) is 13.6. The molecule has 0 heterocycles. The fourth-order valence-corrected chi connectivity index (χ4v) is 1.35. The van der Waals surface area contributed by atoms with E-state index in [1.165, 1.54) is 7.11 Å². The van der Waals surface area contributed by atoms with Crippen LogP contribution in [-0.2, 0) is 14.3 Å². The Balaban J connectivity index is 0. The number of carboxylic acid groups (broad SMARTS) is 1. The first-order valence-electron chi connectivity index (χ1n) is 5.43. The Kier molecular flexibility index (Phi) is 16.1. The van der Waals surface area contributed by atoms with Gasteiger partial charge in [0.05, 0.1) is 7.11 Å². The number of rotatable bonds is 9. The molecule has 0 radical (unpaired) electrons. The predicted octanol–water partition coefficient (Wildman–Crippen LogP) is -1.97. The second-order valence-corrected chi connectivity index (χ2v) is 3.57. The van der Waals surface area contributed by atoms with E-state index >= 15 is 0 Å². The van der Waals surface area contributed by atoms with Crippen molar-refractivity contribution in [1.29, 1.82) is 0 Å². The van der Waals surface area contributed by atoms with Gasteiger partial charge in [0.1, 0.15) is 0 Å². The van der Waals surface area contributed by atoms with Crippen molar-refractivity contribution in [3.8, 4) is 0 Å². The van der Waals surface area contributed by atoms with Gasteiger partial charge in [-0.2, -0.15) is 0 Å². The largest absolute Gasteiger partial charge is 1.00 e. The van der Waals surface area contributed by atoms with Crippen LogP contribution in [0.2, 0.25) is 0 Å². The number of carbonyl (C=O) groups excluding carboxylic acids is 2. The molecular weight excluding hydrogens is 235 g/mol. The van der Waals surface area contributed by atoms with Crippen LogP contribution in [0.3, 0.4) is 0 Å². The number of carboxylic acids is 1. The quantitative estimate of drug-likeness (QED) is 0.272. The zero-order valence-corrected chi connectivity index (χ0v) is 13.4. The summed E-state index contributed by atoms with van der Waals surface area (Å²) >= 11 is 0. The molecular formula is C11H19KO4. The van der Waals surface area contributed by atoms with Crippen molar-refractivity contribution in [1.82, 2.24) is 0 Å². The van der Waals surface area contributed by atoms with Gasteiger partial charge in [0.2, 0.25) is 0 Å². The molecule has 88 valence electrons. The average Bonchev–Trinajstić information content (AvgIpc) is 2.21. The minimum atomic E-state index is -0.972. The summed E-state index contributed by atoms with van der Waals surface area (Å²) in [6, 6.07) is 0. The normalized spacial score (nSPS) is 9.31. The van der Waals surface area contributed by atoms with Gasteiger partial charge >= 0.3 is 57.4 Å². The van der Waals surface area contributed by atoms with E-state index in [9.17, 15) is 14.7 Å². The van der Waals surface area contributed by atoms with E-state index in [1.54, 1.807) is 0 Å². The maximum atomic E-state index is 10.7. The molecule has 0 aromatic heterocycles. The van der Waals surface area contributed by atoms with E-state index in [0.717, 1.165) is 32.1 Å². The van der Waals surface area contributed by atoms with Gasteiger partial charge in [-0.05, 0) is 19.3 Å². The molecule has 0 aliphatic heterocycles. The van der Waals surface area contributed by atoms with Gasteiger partial charge in [0.15, 0.2) is 0 Å². The number of esters is 1. The molecule has 0 spiro atoms. The molecule has 0 aromatic rings. The molecule has 4 nitrogen and oxygen atoms in total. The Morgan fingerprint density at radius 2 is 1.38 bits per heavy atom. The zero-order chi connectivity index (χ0) is 11.5. The molecule has 16 heavy (non-hydrogen) atoms. The SMILES string of the molecule is COC(=O)CCCCCCCCC(=O)[O-].[K+]. The molecule has 0 amide bonds. The molecule has 0 aliphatic carbocycles. The number of hydrogen-bond acceptors (Lipinski definition) is 4. The van der Waals surface area contributed by atoms with Crippen LogP contribution in [0, 0.1) is 0 Å². The average molecular weight is 254 g/mol. The number of hydrogen-bond donors (Lipinski definition) is 0. The maximum Gasteiger partial charge on any atom is 1.00 e. The van der Waals surface area contributed by atoms with E-state index in [1.807, 2.05) is 0 Å². The van der Waals surface area contributed by atoms with E-state index in [4.69, 9.17) is 0 Å². The first-order chi connectivity index (χ1) is 7.16. The fraction of sp³-hybridized carbons (Fsp3) is 0.818. The number of ether oxygens (including phenoxy) is 1. The number of carbonyl (C=O) groups is 2. The smallest absolute Gasteiger partial charge is 0.550 e. The summed E-state index contributed by atoms with van der Waals surface area (Å²) < 4.78 is 4.51. The molecule has 0 saturated carbocycles. The van der Waals surface area contributed by atoms with E-state index in [-0.39, 0.29) is 63.8 Å². The minimum Gasteiger partial charge on any atom is -0.550 e. The molecule has 0 atom stereocenters. The van der Waals surface area contributed by atoms with Crippen LogP contribution in [0.5, 0.6) is 0 Å². The molecule has 0 N–H and O–H groups in total. The first-order valence-corrected chi connectivity index (χ1v) is 5.43. The maximum absolute atomic E-state index is 10.7. The van der Waals surface area contributed by atoms with E-state index < -0.39 is 5.97 Å². The number of methoxy groups -OCH3 is 1. The van der Waals surface area contributed by atoms with Gasteiger partial charge in [-0.15, -0.1) is 0 Å². The summed E-state index contributed by atoms with van der Waals surface area (Å²) in [5.74, 6) is -1.13. The Labute approximate surface area is 140 Å². The summed E-state index contributed by atoms with van der Waals surface area (Å²) in [4.78, 5) is 20.8. The standard InChI is InChI=1S/C11H20O4.K/c1-15-11(14)9-7-5-3-2-4-6-8-10(12)13;/h2-9H2,1H3,(H,12,13);/q;+1/p-1. The molecule has 0 aromatic carbocycles. The Morgan fingerprint density at radius 3 is 1.81 bits per heavy atom. The van der Waals surface area contributed by atoms with Gasteiger partial charge in [-0.3, -0.25) is 4.79 Å². The van der Waals surface area contributed by atoms with Crippen LogP contribution in [0.1, 0.15) is 51.4 Å². The van der Waals surface area contributed by atoms with Crippen LogP contribution in [0.4, 0.5) is 0 Å². The van der Waals surface area contributed by atoms with Crippen LogP contribution in [0.15, 0.2) is 0 Å². The predicted molar refractivity (Wildman–Crippen MR) is 54.0 cm³/mol. The molecule has 0 unspecified atom stereocenters. The Hall–Kier alpha value is 0.576. The third kappa shape index (κ3) is 14.6. The van der Waals surface area contributed by atoms with Crippen molar-refractivity contribution in [2.24, 2.45) is 0 Å². The van der Waals surface area contributed by atoms with Gasteiger partial charge in [0, 0.05) is 12.4 Å². The van der Waals surface area contributed by atoms with Crippen molar-refractivity contribution in [3.63, 3.8) is 0 Å². The van der Waals surface area contributed by atoms with Gasteiger partial charge in [-0.1, -0.05) is 25.7 Å². The minimum absolute atomic E-state index is 0. The van der Waals surface area contributed by atoms with Crippen molar-refractivity contribution >= 4 is 11.9 Å². The Morgan fingerprint density at radius 1 is 0.938 bits per heavy atom. The number of aliphatic carboxylic acids is 1. The summed E-state index contributed by atoms with van der Waals surface area (Å²) in [7, 11) is 1.39. The first kappa shape index (κ1) is 18.9. The summed E-state index contributed by atoms with van der Waals surface area (Å²) in [6.07, 6.45) is 6.18. The van der Waals surface area contributed by atoms with Crippen LogP contribution >= 0.6 is 0 Å². The molecule has 5 heteroatoms. The molecule has 0 saturated heterocycles. The third-order valence-electron chi connectivity index (χ3n) is 2.24. The monoisotopic (exact) mass is 254 g/mol. The van der Waals surface area contributed by atoms with Crippen LogP contribution in [-0.4, -0.2) is 19.0 Å². The van der Waals surface area contributed by atoms with E-state index in [0.29, 0.717) is 12.8 Å². The Bertz CT molecular complexity index is 194. The number of unbranched alkanes of at least 4 members (excludes halogenated alkanes) is 5. The van der Waals surface area contributed by atoms with Crippen LogP contribution in [0.25, 0.3) is 0 Å². The zero-order valence-electron chi connectivity index (χ0n) is 10.3. The van der Waals surface area contributed by atoms with Gasteiger partial charge in [0.25, 0.3) is 0 Å². The van der Waals surface area contributed by atoms with Crippen LogP contribution < -0.4 is 56.5 Å². The van der Waals surface area contributed by atoms with Crippen molar-refractivity contribution in [2.45, 2.75) is 51.4 Å². The van der Waals surface area contributed by atoms with Crippen molar-refractivity contribution in [2.75, 3.05) is 7.11 Å². The molecule has 0 aliphatic rings. The van der Waals surface area contributed by atoms with Crippen molar-refractivity contribution < 1.29 is 70.8 Å².